The third kappa shape index (κ3) is 4.54. The minimum absolute atomic E-state index is 0.199. The average molecular weight is 314 g/mol. The molecule has 0 aromatic rings. The zero-order valence-corrected chi connectivity index (χ0v) is 13.4. The number of hydrazone groups is 1. The molecular formula is C14H26N4O4. The van der Waals surface area contributed by atoms with Crippen LogP contribution in [0.4, 0.5) is 0 Å². The summed E-state index contributed by atoms with van der Waals surface area (Å²) in [5.74, 6) is 0.842. The lowest BCUT2D eigenvalue weighted by Crippen LogP contribution is -2.42. The van der Waals surface area contributed by atoms with Gasteiger partial charge in [0.15, 0.2) is 5.03 Å². The third-order valence-electron chi connectivity index (χ3n) is 4.12. The Bertz CT molecular complexity index is 398. The molecule has 0 N–H and O–H groups in total. The fourth-order valence-electron chi connectivity index (χ4n) is 2.85. The molecule has 2 rings (SSSR count). The highest BCUT2D eigenvalue weighted by Crippen LogP contribution is 2.20. The number of rotatable bonds is 8. The summed E-state index contributed by atoms with van der Waals surface area (Å²) >= 11 is 0. The van der Waals surface area contributed by atoms with Crippen molar-refractivity contribution in [2.75, 3.05) is 39.5 Å². The third-order valence-corrected chi connectivity index (χ3v) is 4.12. The van der Waals surface area contributed by atoms with Crippen molar-refractivity contribution in [2.45, 2.75) is 39.3 Å². The number of guanidine groups is 1. The second-order valence-electron chi connectivity index (χ2n) is 5.83. The number of unbranched alkanes of at least 4 members (excludes halogenated alkanes) is 1. The van der Waals surface area contributed by atoms with Gasteiger partial charge in [0.1, 0.15) is 11.3 Å². The summed E-state index contributed by atoms with van der Waals surface area (Å²) in [6, 6.07) is 0. The van der Waals surface area contributed by atoms with Crippen LogP contribution in [-0.4, -0.2) is 66.5 Å². The van der Waals surface area contributed by atoms with E-state index in [1.165, 1.54) is 0 Å². The lowest BCUT2D eigenvalue weighted by atomic mass is 10.1. The van der Waals surface area contributed by atoms with Gasteiger partial charge >= 0.3 is 0 Å². The maximum Gasteiger partial charge on any atom is 0.276 e. The predicted molar refractivity (Wildman–Crippen MR) is 82.0 cm³/mol. The van der Waals surface area contributed by atoms with Gasteiger partial charge < -0.3 is 19.3 Å². The number of hydrogen-bond donors (Lipinski definition) is 0. The second kappa shape index (κ2) is 8.28. The van der Waals surface area contributed by atoms with Crippen LogP contribution in [0.25, 0.3) is 0 Å². The highest BCUT2D eigenvalue weighted by atomic mass is 16.7. The summed E-state index contributed by atoms with van der Waals surface area (Å²) in [6.07, 6.45) is 2.86. The molecule has 2 heterocycles. The molecule has 0 saturated carbocycles. The first-order chi connectivity index (χ1) is 10.6. The Hall–Kier alpha value is -1.41. The highest BCUT2D eigenvalue weighted by molar-refractivity contribution is 5.81. The summed E-state index contributed by atoms with van der Waals surface area (Å²) in [7, 11) is 0. The van der Waals surface area contributed by atoms with Crippen molar-refractivity contribution >= 4 is 5.96 Å². The van der Waals surface area contributed by atoms with Gasteiger partial charge in [0.05, 0.1) is 6.61 Å². The van der Waals surface area contributed by atoms with Crippen LogP contribution >= 0.6 is 0 Å². The van der Waals surface area contributed by atoms with Crippen LogP contribution < -0.4 is 0 Å². The van der Waals surface area contributed by atoms with E-state index in [0.717, 1.165) is 45.6 Å². The minimum Gasteiger partial charge on any atom is -0.381 e. The Kier molecular flexibility index (Phi) is 6.38. The van der Waals surface area contributed by atoms with Crippen molar-refractivity contribution in [2.24, 2.45) is 11.0 Å². The molecule has 0 radical (unpaired) electrons. The molecule has 0 bridgehead atoms. The molecule has 0 spiro atoms. The number of ether oxygens (including phenoxy) is 2. The summed E-state index contributed by atoms with van der Waals surface area (Å²) in [5.41, 5.74) is 0. The summed E-state index contributed by atoms with van der Waals surface area (Å²) in [5, 5.41) is 13.8. The largest absolute Gasteiger partial charge is 0.381 e. The maximum atomic E-state index is 10.9. The minimum atomic E-state index is -0.620. The van der Waals surface area contributed by atoms with Crippen LogP contribution in [-0.2, 0) is 9.47 Å². The standard InChI is InChI=1S/C14H26N4O4/c1-3-4-8-22-12(2)17-7-6-16(14(17)15-18(19)20)10-13-5-9-21-11-13/h12-13H,3-11H2,1-2H3. The molecule has 2 saturated heterocycles. The Labute approximate surface area is 131 Å². The van der Waals surface area contributed by atoms with Gasteiger partial charge in [-0.3, -0.25) is 0 Å². The Morgan fingerprint density at radius 2 is 2.36 bits per heavy atom. The molecule has 0 aromatic carbocycles. The normalized spacial score (nSPS) is 25.2. The molecule has 0 aromatic heterocycles. The first-order valence-electron chi connectivity index (χ1n) is 8.05. The van der Waals surface area contributed by atoms with Gasteiger partial charge in [0.25, 0.3) is 5.96 Å². The lowest BCUT2D eigenvalue weighted by Gasteiger charge is -2.27. The first-order valence-corrected chi connectivity index (χ1v) is 8.05. The van der Waals surface area contributed by atoms with Gasteiger partial charge in [-0.05, 0) is 19.8 Å². The van der Waals surface area contributed by atoms with Gasteiger partial charge in [0.2, 0.25) is 0 Å². The summed E-state index contributed by atoms with van der Waals surface area (Å²) in [6.45, 7) is 8.40. The van der Waals surface area contributed by atoms with Crippen LogP contribution in [0.1, 0.15) is 33.1 Å². The molecule has 2 unspecified atom stereocenters. The van der Waals surface area contributed by atoms with E-state index in [-0.39, 0.29) is 6.23 Å². The Morgan fingerprint density at radius 3 is 3.00 bits per heavy atom. The van der Waals surface area contributed by atoms with Crippen molar-refractivity contribution in [3.8, 4) is 0 Å². The first kappa shape index (κ1) is 17.0. The van der Waals surface area contributed by atoms with Gasteiger partial charge in [0, 0.05) is 38.8 Å². The van der Waals surface area contributed by atoms with Gasteiger partial charge in [-0.2, -0.15) is 0 Å². The Balaban J connectivity index is 1.98. The van der Waals surface area contributed by atoms with E-state index >= 15 is 0 Å². The molecule has 0 amide bonds. The topological polar surface area (TPSA) is 80.4 Å². The van der Waals surface area contributed by atoms with E-state index in [0.29, 0.717) is 25.0 Å². The van der Waals surface area contributed by atoms with Gasteiger partial charge in [-0.15, -0.1) is 0 Å². The van der Waals surface area contributed by atoms with Crippen molar-refractivity contribution in [1.29, 1.82) is 0 Å². The van der Waals surface area contributed by atoms with Crippen LogP contribution in [0, 0.1) is 16.0 Å². The number of hydrogen-bond acceptors (Lipinski definition) is 4. The smallest absolute Gasteiger partial charge is 0.276 e. The average Bonchev–Trinajstić information content (AvgIpc) is 3.10. The van der Waals surface area contributed by atoms with E-state index in [2.05, 4.69) is 12.0 Å². The molecular weight excluding hydrogens is 288 g/mol. The lowest BCUT2D eigenvalue weighted by molar-refractivity contribution is -0.486. The van der Waals surface area contributed by atoms with Gasteiger partial charge in [-0.25, -0.2) is 10.1 Å². The van der Waals surface area contributed by atoms with E-state index in [1.807, 2.05) is 16.7 Å². The van der Waals surface area contributed by atoms with Crippen molar-refractivity contribution in [3.63, 3.8) is 0 Å². The fraction of sp³-hybridized carbons (Fsp3) is 0.929. The van der Waals surface area contributed by atoms with Crippen molar-refractivity contribution < 1.29 is 14.5 Å². The SMILES string of the molecule is CCCCOC(C)N1CCN(CC2CCOC2)C1=N[N+](=O)[O-]. The molecule has 8 heteroatoms. The Morgan fingerprint density at radius 1 is 1.55 bits per heavy atom. The zero-order valence-electron chi connectivity index (χ0n) is 13.4. The van der Waals surface area contributed by atoms with Crippen LogP contribution in [0.5, 0.6) is 0 Å². The van der Waals surface area contributed by atoms with Gasteiger partial charge in [-0.1, -0.05) is 13.3 Å². The molecule has 22 heavy (non-hydrogen) atoms. The highest BCUT2D eigenvalue weighted by Gasteiger charge is 2.35. The molecule has 0 aliphatic carbocycles. The van der Waals surface area contributed by atoms with Crippen LogP contribution in [0.15, 0.2) is 5.10 Å². The van der Waals surface area contributed by atoms with Crippen LogP contribution in [0.3, 0.4) is 0 Å². The quantitative estimate of drug-likeness (QED) is 0.382. The van der Waals surface area contributed by atoms with E-state index in [1.54, 1.807) is 0 Å². The van der Waals surface area contributed by atoms with Crippen LogP contribution in [0.2, 0.25) is 0 Å². The molecule has 8 nitrogen and oxygen atoms in total. The van der Waals surface area contributed by atoms with Crippen molar-refractivity contribution in [1.82, 2.24) is 9.80 Å². The molecule has 126 valence electrons. The monoisotopic (exact) mass is 314 g/mol. The zero-order chi connectivity index (χ0) is 15.9. The fourth-order valence-corrected chi connectivity index (χ4v) is 2.85. The molecule has 2 aliphatic heterocycles. The predicted octanol–water partition coefficient (Wildman–Crippen LogP) is 1.35. The second-order valence-corrected chi connectivity index (χ2v) is 5.83. The molecule has 2 fully saturated rings. The number of nitro groups is 1. The molecule has 2 aliphatic rings. The molecule has 2 atom stereocenters. The maximum absolute atomic E-state index is 10.9. The summed E-state index contributed by atoms with van der Waals surface area (Å²) < 4.78 is 11.2. The summed E-state index contributed by atoms with van der Waals surface area (Å²) in [4.78, 5) is 14.7. The van der Waals surface area contributed by atoms with Crippen molar-refractivity contribution in [3.05, 3.63) is 10.1 Å². The van der Waals surface area contributed by atoms with E-state index in [4.69, 9.17) is 9.47 Å². The van der Waals surface area contributed by atoms with E-state index < -0.39 is 5.03 Å². The number of nitrogens with zero attached hydrogens (tertiary/aromatic N) is 4. The van der Waals surface area contributed by atoms with E-state index in [9.17, 15) is 10.1 Å².